The van der Waals surface area contributed by atoms with Crippen LogP contribution >= 0.6 is 0 Å². The third-order valence-electron chi connectivity index (χ3n) is 4.72. The van der Waals surface area contributed by atoms with Crippen molar-refractivity contribution in [2.75, 3.05) is 14.2 Å². The molecule has 1 aromatic heterocycles. The molecule has 5 nitrogen and oxygen atoms in total. The molecular weight excluding hydrogens is 340 g/mol. The van der Waals surface area contributed by atoms with Gasteiger partial charge >= 0.3 is 0 Å². The molecule has 1 N–H and O–H groups in total. The Morgan fingerprint density at radius 3 is 2.19 bits per heavy atom. The zero-order chi connectivity index (χ0) is 20.0. The zero-order valence-corrected chi connectivity index (χ0v) is 17.2. The summed E-state index contributed by atoms with van der Waals surface area (Å²) in [6, 6.07) is 9.39. The summed E-state index contributed by atoms with van der Waals surface area (Å²) in [7, 11) is 3.24. The van der Waals surface area contributed by atoms with E-state index in [9.17, 15) is 4.79 Å². The predicted octanol–water partition coefficient (Wildman–Crippen LogP) is 4.61. The van der Waals surface area contributed by atoms with Crippen molar-refractivity contribution in [1.29, 1.82) is 0 Å². The third kappa shape index (κ3) is 5.28. The lowest BCUT2D eigenvalue weighted by Gasteiger charge is -2.27. The fourth-order valence-corrected chi connectivity index (χ4v) is 3.30. The molecule has 0 aliphatic carbocycles. The van der Waals surface area contributed by atoms with E-state index in [1.54, 1.807) is 14.2 Å². The highest BCUT2D eigenvalue weighted by molar-refractivity contribution is 5.80. The van der Waals surface area contributed by atoms with Gasteiger partial charge in [0.15, 0.2) is 11.5 Å². The summed E-state index contributed by atoms with van der Waals surface area (Å²) in [6.45, 7) is 8.49. The Labute approximate surface area is 162 Å². The number of ether oxygens (including phenoxy) is 2. The zero-order valence-electron chi connectivity index (χ0n) is 17.2. The van der Waals surface area contributed by atoms with Crippen molar-refractivity contribution >= 4 is 5.91 Å². The molecule has 0 radical (unpaired) electrons. The van der Waals surface area contributed by atoms with Gasteiger partial charge in [0, 0.05) is 12.4 Å². The Hall–Kier alpha value is -2.43. The van der Waals surface area contributed by atoms with E-state index in [0.29, 0.717) is 17.4 Å². The van der Waals surface area contributed by atoms with E-state index in [1.807, 2.05) is 47.3 Å². The summed E-state index contributed by atoms with van der Waals surface area (Å²) in [5.41, 5.74) is 1.01. The minimum Gasteiger partial charge on any atom is -0.493 e. The highest BCUT2D eigenvalue weighted by atomic mass is 16.5. The SMILES string of the molecule is COc1ccc([C@H](NC(=O)[C@@H](CC(C)C)n2cccc2)C(C)C)cc1OC. The van der Waals surface area contributed by atoms with E-state index < -0.39 is 0 Å². The van der Waals surface area contributed by atoms with Crippen molar-refractivity contribution in [3.8, 4) is 11.5 Å². The summed E-state index contributed by atoms with van der Waals surface area (Å²) < 4.78 is 12.7. The lowest BCUT2D eigenvalue weighted by molar-refractivity contribution is -0.125. The summed E-state index contributed by atoms with van der Waals surface area (Å²) in [5.74, 6) is 2.03. The van der Waals surface area contributed by atoms with Gasteiger partial charge in [-0.25, -0.2) is 0 Å². The van der Waals surface area contributed by atoms with Crippen molar-refractivity contribution in [3.05, 3.63) is 48.3 Å². The molecule has 2 rings (SSSR count). The molecule has 0 saturated carbocycles. The number of nitrogens with zero attached hydrogens (tertiary/aromatic N) is 1. The van der Waals surface area contributed by atoms with Crippen LogP contribution in [0.25, 0.3) is 0 Å². The Morgan fingerprint density at radius 1 is 1.04 bits per heavy atom. The second-order valence-corrected chi connectivity index (χ2v) is 7.62. The highest BCUT2D eigenvalue weighted by Gasteiger charge is 2.26. The maximum Gasteiger partial charge on any atom is 0.243 e. The van der Waals surface area contributed by atoms with Crippen LogP contribution in [0.2, 0.25) is 0 Å². The van der Waals surface area contributed by atoms with Gasteiger partial charge in [-0.3, -0.25) is 4.79 Å². The first-order chi connectivity index (χ1) is 12.9. The Kier molecular flexibility index (Phi) is 7.34. The predicted molar refractivity (Wildman–Crippen MR) is 108 cm³/mol. The topological polar surface area (TPSA) is 52.5 Å². The fraction of sp³-hybridized carbons (Fsp3) is 0.500. The molecule has 2 atom stereocenters. The summed E-state index contributed by atoms with van der Waals surface area (Å²) in [6.07, 6.45) is 4.69. The van der Waals surface area contributed by atoms with Crippen LogP contribution in [-0.2, 0) is 4.79 Å². The molecule has 0 bridgehead atoms. The second kappa shape index (κ2) is 9.49. The molecule has 27 heavy (non-hydrogen) atoms. The summed E-state index contributed by atoms with van der Waals surface area (Å²) in [4.78, 5) is 13.2. The average Bonchev–Trinajstić information content (AvgIpc) is 3.17. The number of carbonyl (C=O) groups is 1. The highest BCUT2D eigenvalue weighted by Crippen LogP contribution is 2.32. The number of aromatic nitrogens is 1. The fourth-order valence-electron chi connectivity index (χ4n) is 3.30. The number of amides is 1. The van der Waals surface area contributed by atoms with Crippen LogP contribution in [0.1, 0.15) is 51.8 Å². The minimum atomic E-state index is -0.221. The van der Waals surface area contributed by atoms with Gasteiger partial charge in [-0.1, -0.05) is 33.8 Å². The molecule has 5 heteroatoms. The minimum absolute atomic E-state index is 0.0355. The number of carbonyl (C=O) groups excluding carboxylic acids is 1. The van der Waals surface area contributed by atoms with Crippen LogP contribution in [0.15, 0.2) is 42.7 Å². The lowest BCUT2D eigenvalue weighted by atomic mass is 9.94. The average molecular weight is 373 g/mol. The van der Waals surface area contributed by atoms with E-state index in [0.717, 1.165) is 12.0 Å². The Bertz CT molecular complexity index is 723. The second-order valence-electron chi connectivity index (χ2n) is 7.62. The van der Waals surface area contributed by atoms with Crippen LogP contribution in [0.5, 0.6) is 11.5 Å². The molecular formula is C22H32N2O3. The number of hydrogen-bond acceptors (Lipinski definition) is 3. The monoisotopic (exact) mass is 372 g/mol. The third-order valence-corrected chi connectivity index (χ3v) is 4.72. The van der Waals surface area contributed by atoms with Crippen molar-refractivity contribution in [2.24, 2.45) is 11.8 Å². The Morgan fingerprint density at radius 2 is 1.67 bits per heavy atom. The normalized spacial score (nSPS) is 13.5. The maximum atomic E-state index is 13.2. The molecule has 0 unspecified atom stereocenters. The van der Waals surface area contributed by atoms with Crippen LogP contribution in [0, 0.1) is 11.8 Å². The number of rotatable bonds is 9. The largest absolute Gasteiger partial charge is 0.493 e. The molecule has 1 heterocycles. The van der Waals surface area contributed by atoms with E-state index in [-0.39, 0.29) is 23.9 Å². The van der Waals surface area contributed by atoms with Gasteiger partial charge in [0.25, 0.3) is 0 Å². The van der Waals surface area contributed by atoms with Gasteiger partial charge in [-0.15, -0.1) is 0 Å². The molecule has 2 aromatic rings. The maximum absolute atomic E-state index is 13.2. The van der Waals surface area contributed by atoms with Gasteiger partial charge in [0.05, 0.1) is 20.3 Å². The molecule has 1 aromatic carbocycles. The molecule has 0 spiro atoms. The van der Waals surface area contributed by atoms with Crippen molar-refractivity contribution < 1.29 is 14.3 Å². The van der Waals surface area contributed by atoms with E-state index in [4.69, 9.17) is 9.47 Å². The van der Waals surface area contributed by atoms with Crippen LogP contribution in [0.3, 0.4) is 0 Å². The smallest absolute Gasteiger partial charge is 0.243 e. The van der Waals surface area contributed by atoms with Crippen LogP contribution in [-0.4, -0.2) is 24.7 Å². The standard InChI is InChI=1S/C22H32N2O3/c1-15(2)13-18(24-11-7-8-12-24)22(25)23-21(16(3)4)17-9-10-19(26-5)20(14-17)27-6/h7-12,14-16,18,21H,13H2,1-6H3,(H,23,25)/t18-,21-/m1/s1. The van der Waals surface area contributed by atoms with Crippen molar-refractivity contribution in [2.45, 2.75) is 46.2 Å². The van der Waals surface area contributed by atoms with Gasteiger partial charge in [0.1, 0.15) is 6.04 Å². The van der Waals surface area contributed by atoms with Gasteiger partial charge < -0.3 is 19.4 Å². The number of hydrogen-bond donors (Lipinski definition) is 1. The number of methoxy groups -OCH3 is 2. The van der Waals surface area contributed by atoms with Gasteiger partial charge in [-0.2, -0.15) is 0 Å². The van der Waals surface area contributed by atoms with E-state index in [1.165, 1.54) is 0 Å². The Balaban J connectivity index is 2.27. The summed E-state index contributed by atoms with van der Waals surface area (Å²) in [5, 5.41) is 3.26. The number of benzene rings is 1. The van der Waals surface area contributed by atoms with Crippen LogP contribution in [0.4, 0.5) is 0 Å². The molecule has 0 fully saturated rings. The lowest BCUT2D eigenvalue weighted by Crippen LogP contribution is -2.37. The summed E-state index contributed by atoms with van der Waals surface area (Å²) >= 11 is 0. The molecule has 0 aliphatic heterocycles. The first-order valence-electron chi connectivity index (χ1n) is 9.52. The quantitative estimate of drug-likeness (QED) is 0.699. The number of nitrogens with one attached hydrogen (secondary N) is 1. The van der Waals surface area contributed by atoms with Gasteiger partial charge in [0.2, 0.25) is 5.91 Å². The first-order valence-corrected chi connectivity index (χ1v) is 9.52. The van der Waals surface area contributed by atoms with Gasteiger partial charge in [-0.05, 0) is 48.1 Å². The van der Waals surface area contributed by atoms with Crippen molar-refractivity contribution in [3.63, 3.8) is 0 Å². The van der Waals surface area contributed by atoms with E-state index >= 15 is 0 Å². The van der Waals surface area contributed by atoms with E-state index in [2.05, 4.69) is 33.0 Å². The first kappa shape index (κ1) is 20.9. The van der Waals surface area contributed by atoms with Crippen LogP contribution < -0.4 is 14.8 Å². The molecule has 0 aliphatic rings. The molecule has 0 saturated heterocycles. The molecule has 1 amide bonds. The molecule has 148 valence electrons. The van der Waals surface area contributed by atoms with Crippen molar-refractivity contribution in [1.82, 2.24) is 9.88 Å².